The van der Waals surface area contributed by atoms with E-state index in [9.17, 15) is 9.59 Å². The number of anilines is 1. The van der Waals surface area contributed by atoms with E-state index in [1.54, 1.807) is 42.5 Å². The number of nitrogens with zero attached hydrogens (tertiary/aromatic N) is 2. The number of aromatic nitrogens is 2. The Kier molecular flexibility index (Phi) is 5.26. The number of imidazole rings is 1. The molecule has 0 unspecified atom stereocenters. The van der Waals surface area contributed by atoms with E-state index in [0.29, 0.717) is 23.4 Å². The molecule has 1 aromatic carbocycles. The van der Waals surface area contributed by atoms with Gasteiger partial charge in [0.2, 0.25) is 0 Å². The molecule has 3 aromatic rings. The molecule has 0 fully saturated rings. The quantitative estimate of drug-likeness (QED) is 0.693. The van der Waals surface area contributed by atoms with Crippen LogP contribution in [0, 0.1) is 6.92 Å². The normalized spacial score (nSPS) is 11.0. The van der Waals surface area contributed by atoms with Gasteiger partial charge in [-0.05, 0) is 63.1 Å². The number of hydrogen-bond acceptors (Lipinski definition) is 4. The lowest BCUT2D eigenvalue weighted by atomic mass is 10.2. The lowest BCUT2D eigenvalue weighted by Crippen LogP contribution is -2.17. The summed E-state index contributed by atoms with van der Waals surface area (Å²) in [6.45, 7) is 7.54. The molecule has 0 saturated carbocycles. The van der Waals surface area contributed by atoms with Crippen LogP contribution in [-0.4, -0.2) is 27.4 Å². The van der Waals surface area contributed by atoms with Gasteiger partial charge in [0, 0.05) is 11.9 Å². The summed E-state index contributed by atoms with van der Waals surface area (Å²) in [4.78, 5) is 29.6. The van der Waals surface area contributed by atoms with Crippen LogP contribution < -0.4 is 5.32 Å². The zero-order valence-electron chi connectivity index (χ0n) is 15.9. The van der Waals surface area contributed by atoms with Crippen LogP contribution in [0.2, 0.25) is 0 Å². The van der Waals surface area contributed by atoms with Crippen LogP contribution in [0.4, 0.5) is 5.69 Å². The molecule has 0 spiro atoms. The summed E-state index contributed by atoms with van der Waals surface area (Å²) < 4.78 is 7.00. The third kappa shape index (κ3) is 4.00. The summed E-state index contributed by atoms with van der Waals surface area (Å²) in [6, 6.07) is 10.6. The van der Waals surface area contributed by atoms with Crippen molar-refractivity contribution in [2.24, 2.45) is 0 Å². The zero-order chi connectivity index (χ0) is 19.6. The number of aryl methyl sites for hydroxylation is 2. The molecule has 27 heavy (non-hydrogen) atoms. The Morgan fingerprint density at radius 2 is 2.00 bits per heavy atom. The first kappa shape index (κ1) is 18.6. The predicted octanol–water partition coefficient (Wildman–Crippen LogP) is 4.02. The van der Waals surface area contributed by atoms with E-state index in [1.165, 1.54) is 0 Å². The topological polar surface area (TPSA) is 72.7 Å². The molecule has 0 aliphatic rings. The van der Waals surface area contributed by atoms with E-state index in [1.807, 2.05) is 32.2 Å². The van der Waals surface area contributed by atoms with E-state index >= 15 is 0 Å². The minimum absolute atomic E-state index is 0.204. The van der Waals surface area contributed by atoms with Crippen LogP contribution in [0.1, 0.15) is 52.9 Å². The fraction of sp³-hybridized carbons (Fsp3) is 0.286. The maximum absolute atomic E-state index is 12.9. The SMILES string of the molecule is CCc1nc2cc(C)ccn2c1C(=O)Nc1cccc(C(=O)OC(C)C)c1. The van der Waals surface area contributed by atoms with Crippen molar-refractivity contribution >= 4 is 23.2 Å². The van der Waals surface area contributed by atoms with Crippen LogP contribution in [0.25, 0.3) is 5.65 Å². The van der Waals surface area contributed by atoms with Gasteiger partial charge < -0.3 is 10.1 Å². The first-order chi connectivity index (χ1) is 12.9. The molecule has 0 aliphatic carbocycles. The third-order valence-electron chi connectivity index (χ3n) is 4.10. The molecule has 6 nitrogen and oxygen atoms in total. The summed E-state index contributed by atoms with van der Waals surface area (Å²) in [7, 11) is 0. The number of nitrogens with one attached hydrogen (secondary N) is 1. The second kappa shape index (κ2) is 7.61. The number of carbonyl (C=O) groups is 2. The molecule has 0 bridgehead atoms. The van der Waals surface area contributed by atoms with Gasteiger partial charge in [-0.3, -0.25) is 9.20 Å². The van der Waals surface area contributed by atoms with Crippen molar-refractivity contribution in [1.29, 1.82) is 0 Å². The third-order valence-corrected chi connectivity index (χ3v) is 4.10. The first-order valence-electron chi connectivity index (χ1n) is 8.99. The molecule has 0 atom stereocenters. The Balaban J connectivity index is 1.90. The number of rotatable bonds is 5. The largest absolute Gasteiger partial charge is 0.459 e. The molecule has 140 valence electrons. The molecule has 0 saturated heterocycles. The molecule has 3 rings (SSSR count). The minimum Gasteiger partial charge on any atom is -0.459 e. The number of fused-ring (bicyclic) bond motifs is 1. The number of esters is 1. The van der Waals surface area contributed by atoms with E-state index in [0.717, 1.165) is 16.9 Å². The highest BCUT2D eigenvalue weighted by Gasteiger charge is 2.19. The van der Waals surface area contributed by atoms with Crippen molar-refractivity contribution in [2.45, 2.75) is 40.2 Å². The van der Waals surface area contributed by atoms with E-state index in [2.05, 4.69) is 10.3 Å². The molecule has 0 radical (unpaired) electrons. The van der Waals surface area contributed by atoms with E-state index in [-0.39, 0.29) is 12.0 Å². The second-order valence-electron chi connectivity index (χ2n) is 6.68. The molecule has 0 aliphatic heterocycles. The van der Waals surface area contributed by atoms with Gasteiger partial charge in [0.25, 0.3) is 5.91 Å². The van der Waals surface area contributed by atoms with Gasteiger partial charge in [0.05, 0.1) is 17.4 Å². The highest BCUT2D eigenvalue weighted by atomic mass is 16.5. The summed E-state index contributed by atoms with van der Waals surface area (Å²) in [5, 5.41) is 2.87. The molecule has 2 aromatic heterocycles. The van der Waals surface area contributed by atoms with E-state index < -0.39 is 5.97 Å². The highest BCUT2D eigenvalue weighted by Crippen LogP contribution is 2.18. The number of carbonyl (C=O) groups excluding carboxylic acids is 2. The Bertz CT molecular complexity index is 1010. The summed E-state index contributed by atoms with van der Waals surface area (Å²) >= 11 is 0. The first-order valence-corrected chi connectivity index (χ1v) is 8.99. The van der Waals surface area contributed by atoms with Crippen molar-refractivity contribution in [3.63, 3.8) is 0 Å². The number of ether oxygens (including phenoxy) is 1. The average Bonchev–Trinajstić information content (AvgIpc) is 2.99. The minimum atomic E-state index is -0.416. The predicted molar refractivity (Wildman–Crippen MR) is 104 cm³/mol. The number of pyridine rings is 1. The Morgan fingerprint density at radius 3 is 2.70 bits per heavy atom. The Hall–Kier alpha value is -3.15. The summed E-state index contributed by atoms with van der Waals surface area (Å²) in [6.07, 6.45) is 2.29. The average molecular weight is 365 g/mol. The van der Waals surface area contributed by atoms with Gasteiger partial charge in [0.1, 0.15) is 11.3 Å². The standard InChI is InChI=1S/C21H23N3O3/c1-5-17-19(24-10-9-14(4)11-18(24)23-17)20(25)22-16-8-6-7-15(12-16)21(26)27-13(2)3/h6-13H,5H2,1-4H3,(H,22,25). The van der Waals surface area contributed by atoms with Crippen molar-refractivity contribution in [1.82, 2.24) is 9.38 Å². The Morgan fingerprint density at radius 1 is 1.22 bits per heavy atom. The van der Waals surface area contributed by atoms with Crippen molar-refractivity contribution in [3.8, 4) is 0 Å². The molecular weight excluding hydrogens is 342 g/mol. The van der Waals surface area contributed by atoms with Crippen molar-refractivity contribution in [3.05, 3.63) is 65.1 Å². The zero-order valence-corrected chi connectivity index (χ0v) is 15.9. The van der Waals surface area contributed by atoms with Gasteiger partial charge in [-0.15, -0.1) is 0 Å². The number of amides is 1. The van der Waals surface area contributed by atoms with Gasteiger partial charge in [-0.1, -0.05) is 13.0 Å². The fourth-order valence-electron chi connectivity index (χ4n) is 2.88. The van der Waals surface area contributed by atoms with Crippen molar-refractivity contribution in [2.75, 3.05) is 5.32 Å². The van der Waals surface area contributed by atoms with Crippen LogP contribution in [0.5, 0.6) is 0 Å². The lowest BCUT2D eigenvalue weighted by Gasteiger charge is -2.10. The highest BCUT2D eigenvalue weighted by molar-refractivity contribution is 6.05. The smallest absolute Gasteiger partial charge is 0.338 e. The summed E-state index contributed by atoms with van der Waals surface area (Å²) in [5.41, 5.74) is 3.98. The van der Waals surface area contributed by atoms with Crippen molar-refractivity contribution < 1.29 is 14.3 Å². The molecule has 1 amide bonds. The van der Waals surface area contributed by atoms with Crippen LogP contribution in [0.3, 0.4) is 0 Å². The van der Waals surface area contributed by atoms with Crippen LogP contribution in [0.15, 0.2) is 42.6 Å². The number of benzene rings is 1. The maximum atomic E-state index is 12.9. The molecule has 1 N–H and O–H groups in total. The second-order valence-corrected chi connectivity index (χ2v) is 6.68. The van der Waals surface area contributed by atoms with Gasteiger partial charge in [-0.25, -0.2) is 9.78 Å². The van der Waals surface area contributed by atoms with Gasteiger partial charge in [0.15, 0.2) is 0 Å². The monoisotopic (exact) mass is 365 g/mol. The molecular formula is C21H23N3O3. The fourth-order valence-corrected chi connectivity index (χ4v) is 2.88. The lowest BCUT2D eigenvalue weighted by molar-refractivity contribution is 0.0377. The van der Waals surface area contributed by atoms with E-state index in [4.69, 9.17) is 4.74 Å². The van der Waals surface area contributed by atoms with Gasteiger partial charge >= 0.3 is 5.97 Å². The summed E-state index contributed by atoms with van der Waals surface area (Å²) in [5.74, 6) is -0.682. The Labute approximate surface area is 158 Å². The molecule has 2 heterocycles. The molecule has 6 heteroatoms. The van der Waals surface area contributed by atoms with Crippen LogP contribution in [-0.2, 0) is 11.2 Å². The maximum Gasteiger partial charge on any atom is 0.338 e. The van der Waals surface area contributed by atoms with Crippen LogP contribution >= 0.6 is 0 Å². The van der Waals surface area contributed by atoms with Gasteiger partial charge in [-0.2, -0.15) is 0 Å². The number of hydrogen-bond donors (Lipinski definition) is 1.